The predicted molar refractivity (Wildman–Crippen MR) is 55.0 cm³/mol. The quantitative estimate of drug-likeness (QED) is 0.712. The van der Waals surface area contributed by atoms with Crippen molar-refractivity contribution in [2.24, 2.45) is 0 Å². The molecular formula is C9H10N4S. The van der Waals surface area contributed by atoms with Crippen LogP contribution < -0.4 is 0 Å². The van der Waals surface area contributed by atoms with Crippen molar-refractivity contribution < 1.29 is 0 Å². The lowest BCUT2D eigenvalue weighted by Gasteiger charge is -2.08. The highest BCUT2D eigenvalue weighted by molar-refractivity contribution is 7.15. The van der Waals surface area contributed by atoms with E-state index in [1.807, 2.05) is 34.1 Å². The van der Waals surface area contributed by atoms with Crippen molar-refractivity contribution >= 4 is 16.3 Å². The Bertz CT molecular complexity index is 436. The molecule has 0 saturated heterocycles. The SMILES string of the molecule is CN(CC#N)Cc1cn2ccsc2n1. The van der Waals surface area contributed by atoms with E-state index in [-0.39, 0.29) is 0 Å². The Morgan fingerprint density at radius 2 is 2.57 bits per heavy atom. The summed E-state index contributed by atoms with van der Waals surface area (Å²) in [7, 11) is 1.91. The van der Waals surface area contributed by atoms with Crippen LogP contribution in [-0.4, -0.2) is 27.9 Å². The van der Waals surface area contributed by atoms with Gasteiger partial charge < -0.3 is 0 Å². The molecule has 14 heavy (non-hydrogen) atoms. The minimum absolute atomic E-state index is 0.436. The van der Waals surface area contributed by atoms with Crippen LogP contribution in [0.25, 0.3) is 4.96 Å². The maximum atomic E-state index is 8.50. The van der Waals surface area contributed by atoms with E-state index in [0.29, 0.717) is 6.54 Å². The molecule has 2 aromatic heterocycles. The van der Waals surface area contributed by atoms with E-state index in [1.54, 1.807) is 11.3 Å². The number of imidazole rings is 1. The average molecular weight is 206 g/mol. The van der Waals surface area contributed by atoms with Gasteiger partial charge in [-0.25, -0.2) is 4.98 Å². The lowest BCUT2D eigenvalue weighted by molar-refractivity contribution is 0.363. The van der Waals surface area contributed by atoms with Gasteiger partial charge >= 0.3 is 0 Å². The fourth-order valence-corrected chi connectivity index (χ4v) is 2.02. The fraction of sp³-hybridized carbons (Fsp3) is 0.333. The number of nitrogens with zero attached hydrogens (tertiary/aromatic N) is 4. The molecule has 2 aromatic rings. The molecule has 2 heterocycles. The van der Waals surface area contributed by atoms with Crippen molar-refractivity contribution in [3.8, 4) is 6.07 Å². The smallest absolute Gasteiger partial charge is 0.193 e. The van der Waals surface area contributed by atoms with Gasteiger partial charge in [0, 0.05) is 24.3 Å². The van der Waals surface area contributed by atoms with Crippen LogP contribution in [0.2, 0.25) is 0 Å². The number of aromatic nitrogens is 2. The molecule has 0 amide bonds. The monoisotopic (exact) mass is 206 g/mol. The van der Waals surface area contributed by atoms with Gasteiger partial charge in [0.25, 0.3) is 0 Å². The van der Waals surface area contributed by atoms with Gasteiger partial charge in [0.1, 0.15) is 0 Å². The lowest BCUT2D eigenvalue weighted by atomic mass is 10.4. The predicted octanol–water partition coefficient (Wildman–Crippen LogP) is 1.35. The van der Waals surface area contributed by atoms with Gasteiger partial charge in [-0.2, -0.15) is 5.26 Å². The third-order valence-corrected chi connectivity index (χ3v) is 2.69. The molecule has 0 aromatic carbocycles. The van der Waals surface area contributed by atoms with E-state index >= 15 is 0 Å². The second-order valence-corrected chi connectivity index (χ2v) is 4.03. The molecule has 0 N–H and O–H groups in total. The second-order valence-electron chi connectivity index (χ2n) is 3.16. The highest BCUT2D eigenvalue weighted by Gasteiger charge is 2.04. The Morgan fingerprint density at radius 1 is 1.71 bits per heavy atom. The Balaban J connectivity index is 2.12. The summed E-state index contributed by atoms with van der Waals surface area (Å²) >= 11 is 1.62. The maximum Gasteiger partial charge on any atom is 0.193 e. The van der Waals surface area contributed by atoms with Crippen LogP contribution >= 0.6 is 11.3 Å². The number of rotatable bonds is 3. The molecule has 5 heteroatoms. The highest BCUT2D eigenvalue weighted by Crippen LogP contribution is 2.12. The molecule has 72 valence electrons. The molecule has 0 fully saturated rings. The number of hydrogen-bond donors (Lipinski definition) is 0. The van der Waals surface area contributed by atoms with Crippen molar-refractivity contribution in [1.82, 2.24) is 14.3 Å². The second kappa shape index (κ2) is 3.78. The fourth-order valence-electron chi connectivity index (χ4n) is 1.31. The van der Waals surface area contributed by atoms with Gasteiger partial charge in [-0.3, -0.25) is 9.30 Å². The number of fused-ring (bicyclic) bond motifs is 1. The Morgan fingerprint density at radius 3 is 3.29 bits per heavy atom. The minimum atomic E-state index is 0.436. The van der Waals surface area contributed by atoms with E-state index in [4.69, 9.17) is 5.26 Å². The van der Waals surface area contributed by atoms with Gasteiger partial charge in [-0.05, 0) is 7.05 Å². The molecule has 0 aliphatic heterocycles. The van der Waals surface area contributed by atoms with E-state index in [2.05, 4.69) is 11.1 Å². The molecule has 0 saturated carbocycles. The standard InChI is InChI=1S/C9H10N4S/c1-12(3-2-10)6-8-7-13-4-5-14-9(13)11-8/h4-5,7H,3,6H2,1H3. The van der Waals surface area contributed by atoms with Crippen molar-refractivity contribution in [3.63, 3.8) is 0 Å². The first kappa shape index (κ1) is 9.19. The summed E-state index contributed by atoms with van der Waals surface area (Å²) < 4.78 is 2.00. The van der Waals surface area contributed by atoms with E-state index in [0.717, 1.165) is 17.2 Å². The molecule has 0 aliphatic rings. The molecule has 0 aliphatic carbocycles. The molecule has 0 atom stereocenters. The molecule has 0 spiro atoms. The average Bonchev–Trinajstić information content (AvgIpc) is 2.63. The van der Waals surface area contributed by atoms with Gasteiger partial charge in [-0.15, -0.1) is 11.3 Å². The number of nitriles is 1. The van der Waals surface area contributed by atoms with E-state index in [1.165, 1.54) is 0 Å². The number of hydrogen-bond acceptors (Lipinski definition) is 4. The zero-order chi connectivity index (χ0) is 9.97. The summed E-state index contributed by atoms with van der Waals surface area (Å²) in [5, 5.41) is 10.5. The third kappa shape index (κ3) is 1.76. The summed E-state index contributed by atoms with van der Waals surface area (Å²) in [5.74, 6) is 0. The van der Waals surface area contributed by atoms with Crippen molar-refractivity contribution in [2.45, 2.75) is 6.54 Å². The van der Waals surface area contributed by atoms with E-state index in [9.17, 15) is 0 Å². The number of thiazole rings is 1. The minimum Gasteiger partial charge on any atom is -0.297 e. The normalized spacial score (nSPS) is 10.9. The van der Waals surface area contributed by atoms with Crippen molar-refractivity contribution in [1.29, 1.82) is 5.26 Å². The van der Waals surface area contributed by atoms with Crippen LogP contribution in [0.3, 0.4) is 0 Å². The molecule has 0 unspecified atom stereocenters. The highest BCUT2D eigenvalue weighted by atomic mass is 32.1. The molecule has 4 nitrogen and oxygen atoms in total. The van der Waals surface area contributed by atoms with Gasteiger partial charge in [-0.1, -0.05) is 0 Å². The summed E-state index contributed by atoms with van der Waals surface area (Å²) in [6, 6.07) is 2.11. The van der Waals surface area contributed by atoms with Crippen LogP contribution in [0, 0.1) is 11.3 Å². The molecular weight excluding hydrogens is 196 g/mol. The maximum absolute atomic E-state index is 8.50. The van der Waals surface area contributed by atoms with Gasteiger partial charge in [0.05, 0.1) is 18.3 Å². The molecule has 0 bridgehead atoms. The summed E-state index contributed by atoms with van der Waals surface area (Å²) in [6.07, 6.45) is 3.99. The van der Waals surface area contributed by atoms with Crippen LogP contribution in [0.5, 0.6) is 0 Å². The summed E-state index contributed by atoms with van der Waals surface area (Å²) in [6.45, 7) is 1.16. The zero-order valence-electron chi connectivity index (χ0n) is 7.84. The van der Waals surface area contributed by atoms with Crippen LogP contribution in [0.4, 0.5) is 0 Å². The van der Waals surface area contributed by atoms with Crippen molar-refractivity contribution in [3.05, 3.63) is 23.5 Å². The first-order valence-electron chi connectivity index (χ1n) is 4.26. The van der Waals surface area contributed by atoms with Gasteiger partial charge in [0.15, 0.2) is 4.96 Å². The first-order valence-corrected chi connectivity index (χ1v) is 5.14. The Kier molecular flexibility index (Phi) is 2.48. The van der Waals surface area contributed by atoms with Crippen LogP contribution in [-0.2, 0) is 6.54 Å². The largest absolute Gasteiger partial charge is 0.297 e. The zero-order valence-corrected chi connectivity index (χ0v) is 8.66. The lowest BCUT2D eigenvalue weighted by Crippen LogP contribution is -2.17. The Hall–Kier alpha value is -1.38. The topological polar surface area (TPSA) is 44.3 Å². The van der Waals surface area contributed by atoms with Gasteiger partial charge in [0.2, 0.25) is 0 Å². The summed E-state index contributed by atoms with van der Waals surface area (Å²) in [5.41, 5.74) is 1.01. The third-order valence-electron chi connectivity index (χ3n) is 1.92. The molecule has 0 radical (unpaired) electrons. The Labute approximate surface area is 86.0 Å². The van der Waals surface area contributed by atoms with Crippen LogP contribution in [0.1, 0.15) is 5.69 Å². The molecule has 2 rings (SSSR count). The van der Waals surface area contributed by atoms with Crippen LogP contribution in [0.15, 0.2) is 17.8 Å². The summed E-state index contributed by atoms with van der Waals surface area (Å²) in [4.78, 5) is 7.37. The first-order chi connectivity index (χ1) is 6.79. The van der Waals surface area contributed by atoms with Crippen molar-refractivity contribution in [2.75, 3.05) is 13.6 Å². The van der Waals surface area contributed by atoms with E-state index < -0.39 is 0 Å².